The quantitative estimate of drug-likeness (QED) is 0.572. The van der Waals surface area contributed by atoms with Crippen molar-refractivity contribution in [2.75, 3.05) is 11.9 Å². The fourth-order valence-corrected chi connectivity index (χ4v) is 3.12. The number of pyridine rings is 1. The highest BCUT2D eigenvalue weighted by Gasteiger charge is 2.18. The van der Waals surface area contributed by atoms with Crippen molar-refractivity contribution < 1.29 is 5.11 Å². The third kappa shape index (κ3) is 3.38. The van der Waals surface area contributed by atoms with Crippen molar-refractivity contribution in [2.24, 2.45) is 0 Å². The van der Waals surface area contributed by atoms with Crippen molar-refractivity contribution >= 4 is 17.0 Å². The summed E-state index contributed by atoms with van der Waals surface area (Å²) < 4.78 is 2.05. The van der Waals surface area contributed by atoms with Crippen LogP contribution in [0.2, 0.25) is 0 Å². The molecule has 7 heteroatoms. The summed E-state index contributed by atoms with van der Waals surface area (Å²) in [7, 11) is 1.98. The molecule has 0 aliphatic heterocycles. The zero-order chi connectivity index (χ0) is 19.7. The third-order valence-corrected chi connectivity index (χ3v) is 4.60. The van der Waals surface area contributed by atoms with Crippen LogP contribution in [-0.4, -0.2) is 36.7 Å². The molecule has 4 aromatic rings. The topological polar surface area (TPSA) is 80.0 Å². The Morgan fingerprint density at radius 2 is 1.89 bits per heavy atom. The van der Waals surface area contributed by atoms with Crippen LogP contribution in [0.25, 0.3) is 22.6 Å². The van der Waals surface area contributed by atoms with Gasteiger partial charge in [0.1, 0.15) is 5.75 Å². The van der Waals surface area contributed by atoms with Gasteiger partial charge < -0.3 is 14.6 Å². The first-order valence-electron chi connectivity index (χ1n) is 9.17. The van der Waals surface area contributed by atoms with E-state index in [1.165, 1.54) is 0 Å². The summed E-state index contributed by atoms with van der Waals surface area (Å²) in [5.41, 5.74) is 3.50. The molecule has 0 bridgehead atoms. The van der Waals surface area contributed by atoms with E-state index in [4.69, 9.17) is 9.97 Å². The van der Waals surface area contributed by atoms with E-state index in [1.54, 1.807) is 24.5 Å². The Bertz CT molecular complexity index is 1090. The molecule has 1 N–H and O–H groups in total. The van der Waals surface area contributed by atoms with Crippen LogP contribution in [0.1, 0.15) is 25.5 Å². The lowest BCUT2D eigenvalue weighted by molar-refractivity contribution is 0.475. The number of benzene rings is 1. The second-order valence-electron chi connectivity index (χ2n) is 7.05. The number of imidazole rings is 1. The molecule has 28 heavy (non-hydrogen) atoms. The molecule has 0 fully saturated rings. The Morgan fingerprint density at radius 1 is 1.11 bits per heavy atom. The maximum absolute atomic E-state index is 9.51. The van der Waals surface area contributed by atoms with Gasteiger partial charge in [0.05, 0.1) is 6.33 Å². The number of phenolic OH excluding ortho intramolecular Hbond substituents is 1. The van der Waals surface area contributed by atoms with Crippen LogP contribution in [0.5, 0.6) is 5.75 Å². The standard InChI is InChI=1S/C21H22N6O/c1-14(2)27-13-23-18-20(26(3)12-15-6-8-17(28)9-7-15)24-19(25-21(18)27)16-5-4-10-22-11-16/h4-11,13-14,28H,12H2,1-3H3. The SMILES string of the molecule is CC(C)n1cnc2c(N(C)Cc3ccc(O)cc3)nc(-c3cccnc3)nc21. The monoisotopic (exact) mass is 374 g/mol. The van der Waals surface area contributed by atoms with Gasteiger partial charge in [0.25, 0.3) is 0 Å². The molecule has 0 radical (unpaired) electrons. The second-order valence-corrected chi connectivity index (χ2v) is 7.05. The van der Waals surface area contributed by atoms with Gasteiger partial charge in [-0.1, -0.05) is 12.1 Å². The lowest BCUT2D eigenvalue weighted by atomic mass is 10.2. The molecule has 7 nitrogen and oxygen atoms in total. The van der Waals surface area contributed by atoms with Gasteiger partial charge in [-0.2, -0.15) is 0 Å². The van der Waals surface area contributed by atoms with Gasteiger partial charge >= 0.3 is 0 Å². The van der Waals surface area contributed by atoms with Gasteiger partial charge in [-0.3, -0.25) is 4.98 Å². The lowest BCUT2D eigenvalue weighted by Crippen LogP contribution is -2.19. The van der Waals surface area contributed by atoms with E-state index in [-0.39, 0.29) is 11.8 Å². The number of hydrogen-bond donors (Lipinski definition) is 1. The zero-order valence-corrected chi connectivity index (χ0v) is 16.1. The molecular weight excluding hydrogens is 352 g/mol. The Hall–Kier alpha value is -3.48. The maximum atomic E-state index is 9.51. The number of nitrogens with zero attached hydrogens (tertiary/aromatic N) is 6. The van der Waals surface area contributed by atoms with Crippen LogP contribution in [0.3, 0.4) is 0 Å². The molecule has 0 aliphatic carbocycles. The molecule has 0 atom stereocenters. The minimum atomic E-state index is 0.233. The highest BCUT2D eigenvalue weighted by molar-refractivity contribution is 5.85. The summed E-state index contributed by atoms with van der Waals surface area (Å²) in [6.45, 7) is 4.84. The normalized spacial score (nSPS) is 11.3. The molecule has 3 aromatic heterocycles. The number of phenols is 1. The van der Waals surface area contributed by atoms with Crippen molar-refractivity contribution in [3.8, 4) is 17.1 Å². The number of rotatable bonds is 5. The summed E-state index contributed by atoms with van der Waals surface area (Å²) in [4.78, 5) is 20.4. The molecule has 0 amide bonds. The van der Waals surface area contributed by atoms with E-state index in [0.29, 0.717) is 12.4 Å². The van der Waals surface area contributed by atoms with Crippen molar-refractivity contribution in [3.05, 3.63) is 60.7 Å². The maximum Gasteiger partial charge on any atom is 0.166 e. The lowest BCUT2D eigenvalue weighted by Gasteiger charge is -2.20. The summed E-state index contributed by atoms with van der Waals surface area (Å²) in [6, 6.07) is 11.2. The van der Waals surface area contributed by atoms with E-state index in [1.807, 2.05) is 42.5 Å². The number of fused-ring (bicyclic) bond motifs is 1. The predicted octanol–water partition coefficient (Wildman–Crippen LogP) is 3.81. The number of anilines is 1. The third-order valence-electron chi connectivity index (χ3n) is 4.60. The largest absolute Gasteiger partial charge is 0.508 e. The highest BCUT2D eigenvalue weighted by atomic mass is 16.3. The number of hydrogen-bond acceptors (Lipinski definition) is 6. The summed E-state index contributed by atoms with van der Waals surface area (Å²) in [6.07, 6.45) is 5.31. The van der Waals surface area contributed by atoms with Crippen molar-refractivity contribution in [1.29, 1.82) is 0 Å². The van der Waals surface area contributed by atoms with E-state index in [9.17, 15) is 5.11 Å². The smallest absolute Gasteiger partial charge is 0.166 e. The van der Waals surface area contributed by atoms with E-state index >= 15 is 0 Å². The molecule has 1 aromatic carbocycles. The molecule has 0 saturated heterocycles. The van der Waals surface area contributed by atoms with Crippen molar-refractivity contribution in [1.82, 2.24) is 24.5 Å². The molecule has 142 valence electrons. The van der Waals surface area contributed by atoms with Gasteiger partial charge in [0.15, 0.2) is 22.8 Å². The van der Waals surface area contributed by atoms with Gasteiger partial charge in [0.2, 0.25) is 0 Å². The summed E-state index contributed by atoms with van der Waals surface area (Å²) >= 11 is 0. The minimum absolute atomic E-state index is 0.233. The molecule has 0 aliphatic rings. The average Bonchev–Trinajstić information content (AvgIpc) is 3.14. The van der Waals surface area contributed by atoms with Gasteiger partial charge in [-0.25, -0.2) is 15.0 Å². The molecule has 0 unspecified atom stereocenters. The predicted molar refractivity (Wildman–Crippen MR) is 109 cm³/mol. The number of aromatic hydroxyl groups is 1. The molecule has 0 saturated carbocycles. The van der Waals surface area contributed by atoms with Crippen molar-refractivity contribution in [2.45, 2.75) is 26.4 Å². The van der Waals surface area contributed by atoms with Crippen LogP contribution >= 0.6 is 0 Å². The first-order chi connectivity index (χ1) is 13.5. The highest BCUT2D eigenvalue weighted by Crippen LogP contribution is 2.28. The van der Waals surface area contributed by atoms with Crippen LogP contribution in [-0.2, 0) is 6.54 Å². The number of aromatic nitrogens is 5. The Morgan fingerprint density at radius 3 is 2.57 bits per heavy atom. The molecular formula is C21H22N6O. The molecule has 3 heterocycles. The van der Waals surface area contributed by atoms with Crippen LogP contribution in [0.4, 0.5) is 5.82 Å². The zero-order valence-electron chi connectivity index (χ0n) is 16.1. The van der Waals surface area contributed by atoms with Crippen LogP contribution in [0, 0.1) is 0 Å². The first-order valence-corrected chi connectivity index (χ1v) is 9.17. The van der Waals surface area contributed by atoms with Gasteiger partial charge in [0, 0.05) is 37.6 Å². The van der Waals surface area contributed by atoms with Gasteiger partial charge in [-0.15, -0.1) is 0 Å². The summed E-state index contributed by atoms with van der Waals surface area (Å²) in [5, 5.41) is 9.51. The summed E-state index contributed by atoms with van der Waals surface area (Å²) in [5.74, 6) is 1.64. The Labute approximate surface area is 163 Å². The van der Waals surface area contributed by atoms with E-state index in [0.717, 1.165) is 28.1 Å². The van der Waals surface area contributed by atoms with E-state index < -0.39 is 0 Å². The first kappa shape index (κ1) is 17.9. The minimum Gasteiger partial charge on any atom is -0.508 e. The Balaban J connectivity index is 1.82. The van der Waals surface area contributed by atoms with Crippen LogP contribution < -0.4 is 4.90 Å². The fourth-order valence-electron chi connectivity index (χ4n) is 3.12. The fraction of sp³-hybridized carbons (Fsp3) is 0.238. The Kier molecular flexibility index (Phi) is 4.65. The molecule has 4 rings (SSSR count). The van der Waals surface area contributed by atoms with Crippen molar-refractivity contribution in [3.63, 3.8) is 0 Å². The average molecular weight is 374 g/mol. The molecule has 0 spiro atoms. The van der Waals surface area contributed by atoms with Gasteiger partial charge in [-0.05, 0) is 43.7 Å². The van der Waals surface area contributed by atoms with E-state index in [2.05, 4.69) is 28.4 Å². The van der Waals surface area contributed by atoms with Crippen LogP contribution in [0.15, 0.2) is 55.1 Å². The second kappa shape index (κ2) is 7.26.